The normalized spacial score (nSPS) is 11.6. The van der Waals surface area contributed by atoms with Gasteiger partial charge in [0, 0.05) is 9.89 Å². The van der Waals surface area contributed by atoms with Gasteiger partial charge in [-0.2, -0.15) is 0 Å². The molecule has 16 heavy (non-hydrogen) atoms. The van der Waals surface area contributed by atoms with E-state index in [9.17, 15) is 4.79 Å². The van der Waals surface area contributed by atoms with Crippen molar-refractivity contribution >= 4 is 21.9 Å². The van der Waals surface area contributed by atoms with Crippen LogP contribution < -0.4 is 0 Å². The van der Waals surface area contributed by atoms with Gasteiger partial charge in [-0.05, 0) is 36.6 Å². The minimum absolute atomic E-state index is 0.135. The number of benzene rings is 1. The highest BCUT2D eigenvalue weighted by Crippen LogP contribution is 2.36. The van der Waals surface area contributed by atoms with Crippen molar-refractivity contribution in [3.8, 4) is 0 Å². The van der Waals surface area contributed by atoms with Crippen LogP contribution in [0.25, 0.3) is 0 Å². The van der Waals surface area contributed by atoms with Crippen LogP contribution in [0.2, 0.25) is 0 Å². The predicted octanol–water partition coefficient (Wildman–Crippen LogP) is 3.82. The van der Waals surface area contributed by atoms with Gasteiger partial charge in [0.25, 0.3) is 0 Å². The molecule has 1 aromatic rings. The summed E-state index contributed by atoms with van der Waals surface area (Å²) < 4.78 is 0.988. The van der Waals surface area contributed by atoms with Crippen LogP contribution in [0.5, 0.6) is 0 Å². The second-order valence-electron chi connectivity index (χ2n) is 4.82. The van der Waals surface area contributed by atoms with Crippen molar-refractivity contribution in [1.82, 2.24) is 0 Å². The van der Waals surface area contributed by atoms with Crippen molar-refractivity contribution in [1.29, 1.82) is 0 Å². The molecule has 0 saturated carbocycles. The van der Waals surface area contributed by atoms with Crippen molar-refractivity contribution in [3.05, 3.63) is 33.3 Å². The van der Waals surface area contributed by atoms with E-state index in [1.54, 1.807) is 0 Å². The molecule has 0 atom stereocenters. The first-order valence-corrected chi connectivity index (χ1v) is 6.03. The number of hydrogen-bond donors (Lipinski definition) is 1. The molecule has 0 unspecified atom stereocenters. The van der Waals surface area contributed by atoms with Gasteiger partial charge in [0.2, 0.25) is 0 Å². The fraction of sp³-hybridized carbons (Fsp3) is 0.462. The van der Waals surface area contributed by atoms with Crippen LogP contribution in [-0.2, 0) is 10.2 Å². The standard InChI is InChI=1S/C13H17BrO2/c1-8-5-6-10(14)12(9(8)2)13(3,4)7-11(15)16/h5-6H,7H2,1-4H3,(H,15,16). The monoisotopic (exact) mass is 284 g/mol. The van der Waals surface area contributed by atoms with Crippen molar-refractivity contribution < 1.29 is 9.90 Å². The van der Waals surface area contributed by atoms with Gasteiger partial charge in [-0.3, -0.25) is 4.79 Å². The molecule has 1 aromatic carbocycles. The van der Waals surface area contributed by atoms with E-state index in [2.05, 4.69) is 15.9 Å². The molecule has 0 amide bonds. The number of hydrogen-bond acceptors (Lipinski definition) is 1. The van der Waals surface area contributed by atoms with Gasteiger partial charge in [-0.25, -0.2) is 0 Å². The van der Waals surface area contributed by atoms with E-state index in [1.807, 2.05) is 39.8 Å². The highest BCUT2D eigenvalue weighted by molar-refractivity contribution is 9.10. The molecule has 0 fully saturated rings. The van der Waals surface area contributed by atoms with Gasteiger partial charge >= 0.3 is 5.97 Å². The average Bonchev–Trinajstić information content (AvgIpc) is 2.09. The number of halogens is 1. The van der Waals surface area contributed by atoms with Gasteiger partial charge in [0.05, 0.1) is 6.42 Å². The molecule has 0 aromatic heterocycles. The lowest BCUT2D eigenvalue weighted by Crippen LogP contribution is -2.23. The molecule has 0 bridgehead atoms. The number of aliphatic carboxylic acids is 1. The van der Waals surface area contributed by atoms with Crippen LogP contribution in [-0.4, -0.2) is 11.1 Å². The lowest BCUT2D eigenvalue weighted by atomic mass is 9.78. The summed E-state index contributed by atoms with van der Waals surface area (Å²) in [5, 5.41) is 8.95. The fourth-order valence-electron chi connectivity index (χ4n) is 2.08. The first-order chi connectivity index (χ1) is 7.25. The third-order valence-electron chi connectivity index (χ3n) is 2.95. The SMILES string of the molecule is Cc1ccc(Br)c(C(C)(C)CC(=O)O)c1C. The highest BCUT2D eigenvalue weighted by atomic mass is 79.9. The highest BCUT2D eigenvalue weighted by Gasteiger charge is 2.28. The molecule has 0 saturated heterocycles. The number of carbonyl (C=O) groups is 1. The Kier molecular flexibility index (Phi) is 3.79. The zero-order valence-electron chi connectivity index (χ0n) is 10.1. The molecule has 1 rings (SSSR count). The maximum absolute atomic E-state index is 10.9. The van der Waals surface area contributed by atoms with Crippen LogP contribution in [0.3, 0.4) is 0 Å². The van der Waals surface area contributed by atoms with E-state index in [0.717, 1.165) is 10.0 Å². The van der Waals surface area contributed by atoms with Crippen molar-refractivity contribution in [2.24, 2.45) is 0 Å². The van der Waals surface area contributed by atoms with Gasteiger partial charge in [0.1, 0.15) is 0 Å². The van der Waals surface area contributed by atoms with E-state index in [0.29, 0.717) is 0 Å². The van der Waals surface area contributed by atoms with Crippen molar-refractivity contribution in [2.45, 2.75) is 39.5 Å². The van der Waals surface area contributed by atoms with Crippen LogP contribution in [0, 0.1) is 13.8 Å². The van der Waals surface area contributed by atoms with Crippen molar-refractivity contribution in [3.63, 3.8) is 0 Å². The Hall–Kier alpha value is -0.830. The third kappa shape index (κ3) is 2.64. The molecule has 0 radical (unpaired) electrons. The summed E-state index contributed by atoms with van der Waals surface area (Å²) >= 11 is 3.51. The lowest BCUT2D eigenvalue weighted by Gasteiger charge is -2.27. The molecule has 0 aliphatic carbocycles. The Morgan fingerprint density at radius 1 is 1.38 bits per heavy atom. The van der Waals surface area contributed by atoms with Gasteiger partial charge in [-0.1, -0.05) is 35.8 Å². The summed E-state index contributed by atoms with van der Waals surface area (Å²) in [6, 6.07) is 4.03. The van der Waals surface area contributed by atoms with Crippen LogP contribution in [0.4, 0.5) is 0 Å². The first-order valence-electron chi connectivity index (χ1n) is 5.23. The molecule has 2 nitrogen and oxygen atoms in total. The predicted molar refractivity (Wildman–Crippen MR) is 68.9 cm³/mol. The Labute approximate surface area is 105 Å². The topological polar surface area (TPSA) is 37.3 Å². The van der Waals surface area contributed by atoms with Gasteiger partial charge in [-0.15, -0.1) is 0 Å². The summed E-state index contributed by atoms with van der Waals surface area (Å²) in [6.45, 7) is 8.02. The van der Waals surface area contributed by atoms with Gasteiger partial charge < -0.3 is 5.11 Å². The summed E-state index contributed by atoms with van der Waals surface area (Å²) in [7, 11) is 0. The lowest BCUT2D eigenvalue weighted by molar-refractivity contribution is -0.138. The molecule has 0 aliphatic heterocycles. The van der Waals surface area contributed by atoms with E-state index in [1.165, 1.54) is 11.1 Å². The molecule has 0 spiro atoms. The molecule has 0 heterocycles. The summed E-state index contributed by atoms with van der Waals surface area (Å²) in [4.78, 5) is 10.9. The fourth-order valence-corrected chi connectivity index (χ4v) is 3.05. The minimum Gasteiger partial charge on any atom is -0.481 e. The maximum atomic E-state index is 10.9. The molecular formula is C13H17BrO2. The Balaban J connectivity index is 3.31. The van der Waals surface area contributed by atoms with Crippen molar-refractivity contribution in [2.75, 3.05) is 0 Å². The largest absolute Gasteiger partial charge is 0.481 e. The number of rotatable bonds is 3. The molecule has 0 aliphatic rings. The zero-order valence-corrected chi connectivity index (χ0v) is 11.7. The number of carboxylic acids is 1. The molecular weight excluding hydrogens is 268 g/mol. The summed E-state index contributed by atoms with van der Waals surface area (Å²) in [5.41, 5.74) is 3.09. The number of carboxylic acid groups (broad SMARTS) is 1. The molecule has 88 valence electrons. The second-order valence-corrected chi connectivity index (χ2v) is 5.67. The maximum Gasteiger partial charge on any atom is 0.304 e. The van der Waals surface area contributed by atoms with E-state index < -0.39 is 5.97 Å². The Bertz CT molecular complexity index is 422. The van der Waals surface area contributed by atoms with Crippen LogP contribution in [0.15, 0.2) is 16.6 Å². The van der Waals surface area contributed by atoms with E-state index in [4.69, 9.17) is 5.11 Å². The quantitative estimate of drug-likeness (QED) is 0.916. The first kappa shape index (κ1) is 13.2. The minimum atomic E-state index is -0.766. The summed E-state index contributed by atoms with van der Waals surface area (Å²) in [6.07, 6.45) is 0.135. The van der Waals surface area contributed by atoms with Crippen LogP contribution in [0.1, 0.15) is 37.0 Å². The smallest absolute Gasteiger partial charge is 0.304 e. The van der Waals surface area contributed by atoms with Crippen LogP contribution >= 0.6 is 15.9 Å². The van der Waals surface area contributed by atoms with E-state index in [-0.39, 0.29) is 11.8 Å². The van der Waals surface area contributed by atoms with E-state index >= 15 is 0 Å². The number of aryl methyl sites for hydroxylation is 1. The molecule has 3 heteroatoms. The average molecular weight is 285 g/mol. The second kappa shape index (κ2) is 4.58. The Morgan fingerprint density at radius 3 is 2.44 bits per heavy atom. The summed E-state index contributed by atoms with van der Waals surface area (Å²) in [5.74, 6) is -0.766. The third-order valence-corrected chi connectivity index (χ3v) is 3.62. The van der Waals surface area contributed by atoms with Gasteiger partial charge in [0.15, 0.2) is 0 Å². The molecule has 1 N–H and O–H groups in total. The Morgan fingerprint density at radius 2 is 1.94 bits per heavy atom. The zero-order chi connectivity index (χ0) is 12.5.